The number of aryl methyl sites for hydroxylation is 1. The third kappa shape index (κ3) is 6.14. The lowest BCUT2D eigenvalue weighted by molar-refractivity contribution is 0.223. The average molecular weight is 396 g/mol. The van der Waals surface area contributed by atoms with Crippen molar-refractivity contribution < 1.29 is 9.47 Å². The fourth-order valence-corrected chi connectivity index (χ4v) is 3.00. The number of nitrogens with zero attached hydrogens (tertiary/aromatic N) is 2. The monoisotopic (exact) mass is 395 g/mol. The van der Waals surface area contributed by atoms with E-state index >= 15 is 0 Å². The number of para-hydroxylation sites is 2. The summed E-state index contributed by atoms with van der Waals surface area (Å²) in [7, 11) is 3.41. The van der Waals surface area contributed by atoms with Crippen LogP contribution in [-0.4, -0.2) is 49.3 Å². The summed E-state index contributed by atoms with van der Waals surface area (Å²) >= 11 is 0. The number of aromatic amines is 1. The van der Waals surface area contributed by atoms with Crippen molar-refractivity contribution in [3.05, 3.63) is 54.4 Å². The van der Waals surface area contributed by atoms with E-state index in [2.05, 4.69) is 25.6 Å². The Morgan fingerprint density at radius 2 is 1.97 bits per heavy atom. The zero-order valence-corrected chi connectivity index (χ0v) is 17.2. The summed E-state index contributed by atoms with van der Waals surface area (Å²) in [6.45, 7) is 3.46. The summed E-state index contributed by atoms with van der Waals surface area (Å²) in [4.78, 5) is 12.2. The number of benzene rings is 2. The molecule has 0 aliphatic carbocycles. The topological polar surface area (TPSA) is 83.6 Å². The van der Waals surface area contributed by atoms with Gasteiger partial charge in [0, 0.05) is 26.1 Å². The lowest BCUT2D eigenvalue weighted by atomic mass is 10.3. The quantitative estimate of drug-likeness (QED) is 0.295. The van der Waals surface area contributed by atoms with Crippen LogP contribution in [0.4, 0.5) is 0 Å². The zero-order chi connectivity index (χ0) is 20.5. The predicted molar refractivity (Wildman–Crippen MR) is 117 cm³/mol. The molecule has 29 heavy (non-hydrogen) atoms. The summed E-state index contributed by atoms with van der Waals surface area (Å²) in [5.41, 5.74) is 2.09. The number of aromatic nitrogens is 2. The van der Waals surface area contributed by atoms with Gasteiger partial charge in [-0.15, -0.1) is 0 Å². The average Bonchev–Trinajstić information content (AvgIpc) is 3.16. The molecule has 0 bridgehead atoms. The smallest absolute Gasteiger partial charge is 0.191 e. The zero-order valence-electron chi connectivity index (χ0n) is 17.2. The van der Waals surface area contributed by atoms with Gasteiger partial charge in [-0.3, -0.25) is 4.99 Å². The van der Waals surface area contributed by atoms with Crippen molar-refractivity contribution in [1.82, 2.24) is 20.6 Å². The SMILES string of the molecule is CN=C(NCCCc1nc2ccccc2[nH]1)NCC(C)Oc1cccc(OC)c1. The molecule has 2 aromatic carbocycles. The molecule has 0 spiro atoms. The maximum absolute atomic E-state index is 5.93. The van der Waals surface area contributed by atoms with E-state index in [0.717, 1.165) is 53.7 Å². The normalized spacial score (nSPS) is 12.6. The number of methoxy groups -OCH3 is 1. The molecule has 1 aromatic heterocycles. The number of hydrogen-bond donors (Lipinski definition) is 3. The standard InChI is InChI=1S/C22H29N5O2/c1-16(29-18-9-6-8-17(14-18)28-3)15-25-22(23-2)24-13-7-12-21-26-19-10-4-5-11-20(19)27-21/h4-6,8-11,14,16H,7,12-13,15H2,1-3H3,(H,26,27)(H2,23,24,25). The molecular formula is C22H29N5O2. The number of imidazole rings is 1. The molecule has 0 amide bonds. The van der Waals surface area contributed by atoms with Gasteiger partial charge in [0.25, 0.3) is 0 Å². The number of ether oxygens (including phenoxy) is 2. The van der Waals surface area contributed by atoms with Gasteiger partial charge in [-0.2, -0.15) is 0 Å². The second kappa shape index (κ2) is 10.4. The van der Waals surface area contributed by atoms with Gasteiger partial charge in [0.2, 0.25) is 0 Å². The van der Waals surface area contributed by atoms with E-state index in [1.54, 1.807) is 14.2 Å². The number of H-pyrrole nitrogens is 1. The van der Waals surface area contributed by atoms with Gasteiger partial charge >= 0.3 is 0 Å². The first-order valence-electron chi connectivity index (χ1n) is 9.87. The molecule has 0 saturated heterocycles. The van der Waals surface area contributed by atoms with Crippen LogP contribution in [0.5, 0.6) is 11.5 Å². The van der Waals surface area contributed by atoms with Crippen LogP contribution in [0.25, 0.3) is 11.0 Å². The van der Waals surface area contributed by atoms with Crippen LogP contribution in [0.1, 0.15) is 19.2 Å². The molecule has 7 heteroatoms. The molecule has 0 aliphatic rings. The van der Waals surface area contributed by atoms with Crippen molar-refractivity contribution in [3.8, 4) is 11.5 Å². The highest BCUT2D eigenvalue weighted by Gasteiger charge is 2.07. The molecule has 7 nitrogen and oxygen atoms in total. The molecule has 3 rings (SSSR count). The molecule has 1 unspecified atom stereocenters. The molecule has 1 atom stereocenters. The van der Waals surface area contributed by atoms with Gasteiger partial charge in [0.1, 0.15) is 23.4 Å². The Bertz CT molecular complexity index is 905. The van der Waals surface area contributed by atoms with E-state index in [1.807, 2.05) is 55.5 Å². The molecular weight excluding hydrogens is 366 g/mol. The van der Waals surface area contributed by atoms with Gasteiger partial charge in [0.15, 0.2) is 5.96 Å². The fourth-order valence-electron chi connectivity index (χ4n) is 3.00. The summed E-state index contributed by atoms with van der Waals surface area (Å²) in [6, 6.07) is 15.7. The van der Waals surface area contributed by atoms with Crippen molar-refractivity contribution in [2.45, 2.75) is 25.9 Å². The number of aliphatic imine (C=N–C) groups is 1. The van der Waals surface area contributed by atoms with Crippen molar-refractivity contribution in [2.75, 3.05) is 27.2 Å². The van der Waals surface area contributed by atoms with Crippen molar-refractivity contribution in [2.24, 2.45) is 4.99 Å². The highest BCUT2D eigenvalue weighted by Crippen LogP contribution is 2.19. The van der Waals surface area contributed by atoms with Crippen molar-refractivity contribution in [3.63, 3.8) is 0 Å². The summed E-state index contributed by atoms with van der Waals surface area (Å²) in [5, 5.41) is 6.63. The second-order valence-electron chi connectivity index (χ2n) is 6.79. The van der Waals surface area contributed by atoms with Gasteiger partial charge in [-0.25, -0.2) is 4.98 Å². The number of fused-ring (bicyclic) bond motifs is 1. The first kappa shape index (κ1) is 20.5. The maximum atomic E-state index is 5.93. The van der Waals surface area contributed by atoms with Crippen LogP contribution in [-0.2, 0) is 6.42 Å². The van der Waals surface area contributed by atoms with E-state index in [0.29, 0.717) is 6.54 Å². The maximum Gasteiger partial charge on any atom is 0.191 e. The molecule has 154 valence electrons. The summed E-state index contributed by atoms with van der Waals surface area (Å²) in [5.74, 6) is 3.34. The van der Waals surface area contributed by atoms with Crippen LogP contribution in [0, 0.1) is 0 Å². The minimum Gasteiger partial charge on any atom is -0.497 e. The van der Waals surface area contributed by atoms with E-state index in [4.69, 9.17) is 9.47 Å². The van der Waals surface area contributed by atoms with Crippen molar-refractivity contribution >= 4 is 17.0 Å². The lowest BCUT2D eigenvalue weighted by Gasteiger charge is -2.18. The molecule has 0 aliphatic heterocycles. The van der Waals surface area contributed by atoms with E-state index in [9.17, 15) is 0 Å². The van der Waals surface area contributed by atoms with Crippen LogP contribution >= 0.6 is 0 Å². The molecule has 1 heterocycles. The minimum absolute atomic E-state index is 0.0174. The first-order valence-corrected chi connectivity index (χ1v) is 9.87. The number of guanidine groups is 1. The first-order chi connectivity index (χ1) is 14.2. The van der Waals surface area contributed by atoms with E-state index < -0.39 is 0 Å². The Balaban J connectivity index is 1.37. The molecule has 0 fully saturated rings. The molecule has 0 saturated carbocycles. The van der Waals surface area contributed by atoms with Crippen LogP contribution < -0.4 is 20.1 Å². The Morgan fingerprint density at radius 1 is 1.14 bits per heavy atom. The van der Waals surface area contributed by atoms with Crippen LogP contribution in [0.2, 0.25) is 0 Å². The van der Waals surface area contributed by atoms with Gasteiger partial charge in [-0.1, -0.05) is 18.2 Å². The van der Waals surface area contributed by atoms with Crippen LogP contribution in [0.3, 0.4) is 0 Å². The predicted octanol–water partition coefficient (Wildman–Crippen LogP) is 3.14. The van der Waals surface area contributed by atoms with Gasteiger partial charge in [-0.05, 0) is 37.6 Å². The Morgan fingerprint density at radius 3 is 2.76 bits per heavy atom. The number of rotatable bonds is 9. The van der Waals surface area contributed by atoms with E-state index in [1.165, 1.54) is 0 Å². The van der Waals surface area contributed by atoms with Gasteiger partial charge in [0.05, 0.1) is 24.7 Å². The minimum atomic E-state index is -0.0174. The fraction of sp³-hybridized carbons (Fsp3) is 0.364. The Labute approximate surface area is 171 Å². The highest BCUT2D eigenvalue weighted by molar-refractivity contribution is 5.79. The summed E-state index contributed by atoms with van der Waals surface area (Å²) < 4.78 is 11.2. The number of nitrogens with one attached hydrogen (secondary N) is 3. The molecule has 3 N–H and O–H groups in total. The summed E-state index contributed by atoms with van der Waals surface area (Å²) in [6.07, 6.45) is 1.82. The third-order valence-corrected chi connectivity index (χ3v) is 4.48. The van der Waals surface area contributed by atoms with E-state index in [-0.39, 0.29) is 6.10 Å². The highest BCUT2D eigenvalue weighted by atomic mass is 16.5. The molecule has 0 radical (unpaired) electrons. The second-order valence-corrected chi connectivity index (χ2v) is 6.79. The Hall–Kier alpha value is -3.22. The van der Waals surface area contributed by atoms with Crippen LogP contribution in [0.15, 0.2) is 53.5 Å². The number of hydrogen-bond acceptors (Lipinski definition) is 4. The largest absolute Gasteiger partial charge is 0.497 e. The Kier molecular flexibility index (Phi) is 7.33. The molecule has 3 aromatic rings. The van der Waals surface area contributed by atoms with Gasteiger partial charge < -0.3 is 25.1 Å². The van der Waals surface area contributed by atoms with Crippen molar-refractivity contribution in [1.29, 1.82) is 0 Å². The lowest BCUT2D eigenvalue weighted by Crippen LogP contribution is -2.42. The third-order valence-electron chi connectivity index (χ3n) is 4.48.